The maximum absolute atomic E-state index is 12.6. The summed E-state index contributed by atoms with van der Waals surface area (Å²) in [6, 6.07) is 9.50. The third kappa shape index (κ3) is 4.25. The van der Waals surface area contributed by atoms with E-state index >= 15 is 0 Å². The third-order valence-corrected chi connectivity index (χ3v) is 4.96. The number of nitrogens with zero attached hydrogens (tertiary/aromatic N) is 3. The first-order valence-corrected chi connectivity index (χ1v) is 9.06. The molecule has 26 heavy (non-hydrogen) atoms. The number of carbonyl (C=O) groups excluding carboxylic acids is 1. The van der Waals surface area contributed by atoms with E-state index in [1.54, 1.807) is 16.5 Å². The van der Waals surface area contributed by atoms with Gasteiger partial charge in [-0.3, -0.25) is 9.48 Å². The van der Waals surface area contributed by atoms with Gasteiger partial charge in [0.1, 0.15) is 17.5 Å². The van der Waals surface area contributed by atoms with Crippen molar-refractivity contribution in [3.8, 4) is 5.75 Å². The number of carbonyl (C=O) groups is 1. The first-order chi connectivity index (χ1) is 12.3. The number of benzene rings is 1. The first kappa shape index (κ1) is 18.5. The number of amides is 1. The molecule has 1 aliphatic heterocycles. The van der Waals surface area contributed by atoms with Crippen molar-refractivity contribution in [3.63, 3.8) is 0 Å². The first-order valence-electron chi connectivity index (χ1n) is 9.06. The molecule has 0 bridgehead atoms. The van der Waals surface area contributed by atoms with Crippen molar-refractivity contribution in [2.75, 3.05) is 13.1 Å². The predicted molar refractivity (Wildman–Crippen MR) is 98.9 cm³/mol. The molecule has 2 atom stereocenters. The van der Waals surface area contributed by atoms with E-state index in [1.807, 2.05) is 50.5 Å². The second-order valence-corrected chi connectivity index (χ2v) is 7.29. The lowest BCUT2D eigenvalue weighted by Gasteiger charge is -2.42. The van der Waals surface area contributed by atoms with Crippen LogP contribution >= 0.6 is 0 Å². The molecular weight excluding hydrogens is 330 g/mol. The number of aryl methyl sites for hydroxylation is 3. The molecule has 2 aromatic rings. The van der Waals surface area contributed by atoms with Gasteiger partial charge in [-0.05, 0) is 38.0 Å². The molecule has 0 saturated carbocycles. The van der Waals surface area contributed by atoms with Gasteiger partial charge in [-0.15, -0.1) is 0 Å². The highest BCUT2D eigenvalue weighted by Gasteiger charge is 2.41. The number of piperidine rings is 1. The van der Waals surface area contributed by atoms with Gasteiger partial charge in [-0.25, -0.2) is 0 Å². The number of ether oxygens (including phenoxy) is 1. The summed E-state index contributed by atoms with van der Waals surface area (Å²) in [5.41, 5.74) is 0.978. The Balaban J connectivity index is 1.56. The summed E-state index contributed by atoms with van der Waals surface area (Å²) in [7, 11) is 1.88. The lowest BCUT2D eigenvalue weighted by atomic mass is 9.91. The fourth-order valence-electron chi connectivity index (χ4n) is 3.51. The van der Waals surface area contributed by atoms with Crippen LogP contribution in [0.2, 0.25) is 0 Å². The molecular formula is C20H27N3O3. The van der Waals surface area contributed by atoms with Crippen molar-refractivity contribution in [2.45, 2.75) is 44.8 Å². The van der Waals surface area contributed by atoms with E-state index in [2.05, 4.69) is 5.10 Å². The Kier molecular flexibility index (Phi) is 5.32. The van der Waals surface area contributed by atoms with E-state index in [4.69, 9.17) is 4.74 Å². The van der Waals surface area contributed by atoms with E-state index in [1.165, 1.54) is 0 Å². The lowest BCUT2D eigenvalue weighted by molar-refractivity contribution is -0.145. The number of aliphatic hydroxyl groups is 1. The molecule has 0 radical (unpaired) electrons. The molecule has 0 unspecified atom stereocenters. The van der Waals surface area contributed by atoms with Gasteiger partial charge in [-0.2, -0.15) is 5.10 Å². The Morgan fingerprint density at radius 3 is 2.73 bits per heavy atom. The largest absolute Gasteiger partial charge is 0.487 e. The van der Waals surface area contributed by atoms with E-state index in [0.717, 1.165) is 17.0 Å². The summed E-state index contributed by atoms with van der Waals surface area (Å²) in [6.07, 6.45) is 3.33. The van der Waals surface area contributed by atoms with E-state index < -0.39 is 5.60 Å². The number of aromatic nitrogens is 2. The van der Waals surface area contributed by atoms with Crippen LogP contribution in [0, 0.1) is 6.92 Å². The number of para-hydroxylation sites is 1. The standard InChI is InChI=1S/C20H27N3O3/c1-15-16(13-22(3)21-15)9-10-19(24)23-12-11-18(20(2,25)14-23)26-17-7-5-4-6-8-17/h4-8,13,18,25H,9-12,14H2,1-3H3/t18-,20-/m0/s1. The molecule has 1 aromatic heterocycles. The van der Waals surface area contributed by atoms with E-state index in [-0.39, 0.29) is 18.6 Å². The molecule has 0 aliphatic carbocycles. The molecule has 1 fully saturated rings. The monoisotopic (exact) mass is 357 g/mol. The molecule has 1 amide bonds. The number of hydrogen-bond donors (Lipinski definition) is 1. The minimum Gasteiger partial charge on any atom is -0.487 e. The van der Waals surface area contributed by atoms with Crippen molar-refractivity contribution in [2.24, 2.45) is 7.05 Å². The molecule has 0 spiro atoms. The second kappa shape index (κ2) is 7.50. The smallest absolute Gasteiger partial charge is 0.223 e. The Labute approximate surface area is 154 Å². The molecule has 2 heterocycles. The number of hydrogen-bond acceptors (Lipinski definition) is 4. The summed E-state index contributed by atoms with van der Waals surface area (Å²) in [5, 5.41) is 15.1. The van der Waals surface area contributed by atoms with Gasteiger partial charge in [0.15, 0.2) is 0 Å². The van der Waals surface area contributed by atoms with Gasteiger partial charge in [0, 0.05) is 32.6 Å². The fourth-order valence-corrected chi connectivity index (χ4v) is 3.51. The SMILES string of the molecule is Cc1nn(C)cc1CCC(=O)N1CC[C@H](Oc2ccccc2)[C@@](C)(O)C1. The molecule has 3 rings (SSSR count). The van der Waals surface area contributed by atoms with Crippen molar-refractivity contribution in [3.05, 3.63) is 47.8 Å². The molecule has 6 nitrogen and oxygen atoms in total. The fraction of sp³-hybridized carbons (Fsp3) is 0.500. The van der Waals surface area contributed by atoms with Gasteiger partial charge in [-0.1, -0.05) is 18.2 Å². The summed E-state index contributed by atoms with van der Waals surface area (Å²) in [5.74, 6) is 0.802. The highest BCUT2D eigenvalue weighted by molar-refractivity contribution is 5.76. The molecule has 1 aromatic carbocycles. The zero-order valence-electron chi connectivity index (χ0n) is 15.7. The van der Waals surface area contributed by atoms with Gasteiger partial charge in [0.25, 0.3) is 0 Å². The van der Waals surface area contributed by atoms with Gasteiger partial charge >= 0.3 is 0 Å². The predicted octanol–water partition coefficient (Wildman–Crippen LogP) is 2.09. The van der Waals surface area contributed by atoms with Crippen LogP contribution in [0.5, 0.6) is 5.75 Å². The topological polar surface area (TPSA) is 67.6 Å². The number of rotatable bonds is 5. The van der Waals surface area contributed by atoms with Gasteiger partial charge in [0.05, 0.1) is 12.2 Å². The quantitative estimate of drug-likeness (QED) is 0.890. The summed E-state index contributed by atoms with van der Waals surface area (Å²) in [6.45, 7) is 4.58. The maximum atomic E-state index is 12.6. The average molecular weight is 357 g/mol. The van der Waals surface area contributed by atoms with E-state index in [9.17, 15) is 9.90 Å². The summed E-state index contributed by atoms with van der Waals surface area (Å²) in [4.78, 5) is 14.3. The zero-order chi connectivity index (χ0) is 18.7. The molecule has 6 heteroatoms. The summed E-state index contributed by atoms with van der Waals surface area (Å²) >= 11 is 0. The Hall–Kier alpha value is -2.34. The number of β-amino-alcohol motifs (C(OH)–C–C–N with tert-alkyl or cyclic N) is 1. The van der Waals surface area contributed by atoms with Crippen molar-refractivity contribution in [1.82, 2.24) is 14.7 Å². The molecule has 1 N–H and O–H groups in total. The van der Waals surface area contributed by atoms with Crippen molar-refractivity contribution in [1.29, 1.82) is 0 Å². The normalized spacial score (nSPS) is 23.1. The van der Waals surface area contributed by atoms with E-state index in [0.29, 0.717) is 25.8 Å². The highest BCUT2D eigenvalue weighted by atomic mass is 16.5. The zero-order valence-corrected chi connectivity index (χ0v) is 15.7. The maximum Gasteiger partial charge on any atom is 0.223 e. The van der Waals surface area contributed by atoms with Crippen LogP contribution in [0.25, 0.3) is 0 Å². The van der Waals surface area contributed by atoms with Crippen LogP contribution < -0.4 is 4.74 Å². The van der Waals surface area contributed by atoms with Crippen LogP contribution in [0.1, 0.15) is 31.0 Å². The van der Waals surface area contributed by atoms with Gasteiger partial charge in [0.2, 0.25) is 5.91 Å². The van der Waals surface area contributed by atoms with Crippen LogP contribution in [0.15, 0.2) is 36.5 Å². The minimum atomic E-state index is -1.08. The highest BCUT2D eigenvalue weighted by Crippen LogP contribution is 2.27. The lowest BCUT2D eigenvalue weighted by Crippen LogP contribution is -2.58. The molecule has 1 aliphatic rings. The second-order valence-electron chi connectivity index (χ2n) is 7.29. The Bertz CT molecular complexity index is 755. The Morgan fingerprint density at radius 1 is 1.38 bits per heavy atom. The van der Waals surface area contributed by atoms with Crippen molar-refractivity contribution < 1.29 is 14.6 Å². The van der Waals surface area contributed by atoms with Crippen LogP contribution in [-0.2, 0) is 18.3 Å². The third-order valence-electron chi connectivity index (χ3n) is 4.96. The van der Waals surface area contributed by atoms with Crippen molar-refractivity contribution >= 4 is 5.91 Å². The van der Waals surface area contributed by atoms with Crippen LogP contribution in [0.3, 0.4) is 0 Å². The molecule has 140 valence electrons. The average Bonchev–Trinajstić information content (AvgIpc) is 2.92. The number of likely N-dealkylation sites (tertiary alicyclic amines) is 1. The molecule has 1 saturated heterocycles. The van der Waals surface area contributed by atoms with Crippen LogP contribution in [0.4, 0.5) is 0 Å². The summed E-state index contributed by atoms with van der Waals surface area (Å²) < 4.78 is 7.72. The minimum absolute atomic E-state index is 0.0617. The van der Waals surface area contributed by atoms with Gasteiger partial charge < -0.3 is 14.7 Å². The van der Waals surface area contributed by atoms with Crippen LogP contribution in [-0.4, -0.2) is 50.5 Å². The Morgan fingerprint density at radius 2 is 2.12 bits per heavy atom.